The van der Waals surface area contributed by atoms with Crippen LogP contribution in [0.25, 0.3) is 0 Å². The van der Waals surface area contributed by atoms with Gasteiger partial charge in [-0.15, -0.1) is 6.58 Å². The highest BCUT2D eigenvalue weighted by molar-refractivity contribution is 5.01. The number of aliphatic hydroxyl groups is 2. The van der Waals surface area contributed by atoms with Crippen LogP contribution in [-0.2, 0) is 4.74 Å². The predicted octanol–water partition coefficient (Wildman–Crippen LogP) is 4.77. The molecule has 3 heteroatoms. The van der Waals surface area contributed by atoms with Crippen molar-refractivity contribution in [2.24, 2.45) is 5.92 Å². The Kier molecular flexibility index (Phi) is 8.69. The van der Waals surface area contributed by atoms with E-state index >= 15 is 0 Å². The summed E-state index contributed by atoms with van der Waals surface area (Å²) in [4.78, 5) is 0. The van der Waals surface area contributed by atoms with E-state index in [1.807, 2.05) is 33.8 Å². The van der Waals surface area contributed by atoms with Crippen molar-refractivity contribution in [3.63, 3.8) is 0 Å². The third-order valence-electron chi connectivity index (χ3n) is 5.91. The number of rotatable bonds is 13. The molecule has 1 aliphatic rings. The Labute approximate surface area is 148 Å². The Morgan fingerprint density at radius 3 is 2.17 bits per heavy atom. The van der Waals surface area contributed by atoms with Gasteiger partial charge in [0.1, 0.15) is 6.10 Å². The monoisotopic (exact) mass is 338 g/mol. The quantitative estimate of drug-likeness (QED) is 0.375. The van der Waals surface area contributed by atoms with Crippen molar-refractivity contribution >= 4 is 0 Å². The van der Waals surface area contributed by atoms with Crippen molar-refractivity contribution in [3.05, 3.63) is 24.8 Å². The highest BCUT2D eigenvalue weighted by Crippen LogP contribution is 2.40. The van der Waals surface area contributed by atoms with Crippen LogP contribution in [0.3, 0.4) is 0 Å². The van der Waals surface area contributed by atoms with Crippen LogP contribution in [0.4, 0.5) is 0 Å². The van der Waals surface area contributed by atoms with Crippen LogP contribution in [-0.4, -0.2) is 33.6 Å². The number of hydrogen-bond acceptors (Lipinski definition) is 3. The summed E-state index contributed by atoms with van der Waals surface area (Å²) < 4.78 is 5.72. The third kappa shape index (κ3) is 6.02. The molecule has 0 bridgehead atoms. The Morgan fingerprint density at radius 1 is 1.04 bits per heavy atom. The van der Waals surface area contributed by atoms with E-state index in [0.717, 1.165) is 51.4 Å². The zero-order valence-corrected chi connectivity index (χ0v) is 16.1. The lowest BCUT2D eigenvalue weighted by atomic mass is 9.89. The molecule has 0 aliphatic carbocycles. The average molecular weight is 339 g/mol. The summed E-state index contributed by atoms with van der Waals surface area (Å²) in [5.74, 6) is 0.429. The first kappa shape index (κ1) is 21.4. The first-order valence-electron chi connectivity index (χ1n) is 9.75. The zero-order valence-electron chi connectivity index (χ0n) is 16.1. The number of hydrogen-bond donors (Lipinski definition) is 2. The molecule has 0 radical (unpaired) electrons. The van der Waals surface area contributed by atoms with E-state index in [1.165, 1.54) is 0 Å². The summed E-state index contributed by atoms with van der Waals surface area (Å²) in [5.41, 5.74) is -1.21. The number of allylic oxidation sites excluding steroid dienone is 2. The van der Waals surface area contributed by atoms with Gasteiger partial charge in [-0.25, -0.2) is 0 Å². The first-order chi connectivity index (χ1) is 11.4. The maximum absolute atomic E-state index is 10.5. The van der Waals surface area contributed by atoms with Gasteiger partial charge in [0.15, 0.2) is 0 Å². The summed E-state index contributed by atoms with van der Waals surface area (Å²) in [5, 5.41) is 20.8. The number of epoxide rings is 1. The standard InChI is InChI=1S/C21H38O3/c1-6-17(13-11-12-16-20(22,7-2)8-3)14-15-18-19(24-18)21(23,9-4)10-5/h6,11-12,17-19,22-23H,1,7-10,13-16H2,2-5H3/b12-11+. The minimum absolute atomic E-state index is 0.0117. The van der Waals surface area contributed by atoms with E-state index in [0.29, 0.717) is 5.92 Å². The van der Waals surface area contributed by atoms with Gasteiger partial charge in [-0.3, -0.25) is 0 Å². The van der Waals surface area contributed by atoms with Gasteiger partial charge < -0.3 is 14.9 Å². The first-order valence-corrected chi connectivity index (χ1v) is 9.75. The van der Waals surface area contributed by atoms with Gasteiger partial charge in [0.2, 0.25) is 0 Å². The molecule has 3 nitrogen and oxygen atoms in total. The Morgan fingerprint density at radius 2 is 1.67 bits per heavy atom. The lowest BCUT2D eigenvalue weighted by Gasteiger charge is -2.23. The average Bonchev–Trinajstić information content (AvgIpc) is 3.40. The van der Waals surface area contributed by atoms with Crippen molar-refractivity contribution in [2.45, 2.75) is 102 Å². The fourth-order valence-electron chi connectivity index (χ4n) is 3.31. The van der Waals surface area contributed by atoms with E-state index in [2.05, 4.69) is 18.7 Å². The van der Waals surface area contributed by atoms with Crippen molar-refractivity contribution < 1.29 is 14.9 Å². The number of ether oxygens (including phenoxy) is 1. The maximum atomic E-state index is 10.5. The molecule has 1 heterocycles. The Balaban J connectivity index is 2.33. The molecular weight excluding hydrogens is 300 g/mol. The molecular formula is C21H38O3. The molecule has 1 aliphatic heterocycles. The van der Waals surface area contributed by atoms with Gasteiger partial charge in [-0.2, -0.15) is 0 Å². The molecule has 0 aromatic heterocycles. The topological polar surface area (TPSA) is 53.0 Å². The molecule has 0 saturated carbocycles. The van der Waals surface area contributed by atoms with Gasteiger partial charge in [0, 0.05) is 0 Å². The van der Waals surface area contributed by atoms with E-state index in [1.54, 1.807) is 0 Å². The summed E-state index contributed by atoms with van der Waals surface area (Å²) in [7, 11) is 0. The van der Waals surface area contributed by atoms with Crippen molar-refractivity contribution in [1.29, 1.82) is 0 Å². The van der Waals surface area contributed by atoms with E-state index in [-0.39, 0.29) is 12.2 Å². The minimum Gasteiger partial charge on any atom is -0.390 e. The van der Waals surface area contributed by atoms with E-state index in [9.17, 15) is 10.2 Å². The van der Waals surface area contributed by atoms with Crippen molar-refractivity contribution in [1.82, 2.24) is 0 Å². The van der Waals surface area contributed by atoms with Gasteiger partial charge in [0.25, 0.3) is 0 Å². The second-order valence-electron chi connectivity index (χ2n) is 7.32. The molecule has 2 N–H and O–H groups in total. The second kappa shape index (κ2) is 9.74. The van der Waals surface area contributed by atoms with Crippen LogP contribution in [0.15, 0.2) is 24.8 Å². The molecule has 0 amide bonds. The summed E-state index contributed by atoms with van der Waals surface area (Å²) >= 11 is 0. The minimum atomic E-state index is -0.654. The lowest BCUT2D eigenvalue weighted by molar-refractivity contribution is 0.00442. The Hall–Kier alpha value is -0.640. The van der Waals surface area contributed by atoms with Crippen molar-refractivity contribution in [3.8, 4) is 0 Å². The molecule has 3 unspecified atom stereocenters. The maximum Gasteiger partial charge on any atom is 0.113 e. The van der Waals surface area contributed by atoms with Crippen LogP contribution in [0.1, 0.15) is 79.1 Å². The highest BCUT2D eigenvalue weighted by Gasteiger charge is 2.51. The van der Waals surface area contributed by atoms with E-state index in [4.69, 9.17) is 4.74 Å². The normalized spacial score (nSPS) is 22.8. The zero-order chi connectivity index (χ0) is 18.2. The Bertz CT molecular complexity index is 394. The summed E-state index contributed by atoms with van der Waals surface area (Å²) in [6, 6.07) is 0. The van der Waals surface area contributed by atoms with Gasteiger partial charge in [-0.1, -0.05) is 45.9 Å². The third-order valence-corrected chi connectivity index (χ3v) is 5.91. The molecule has 1 fully saturated rings. The second-order valence-corrected chi connectivity index (χ2v) is 7.32. The van der Waals surface area contributed by atoms with Crippen LogP contribution < -0.4 is 0 Å². The predicted molar refractivity (Wildman–Crippen MR) is 101 cm³/mol. The highest BCUT2D eigenvalue weighted by atomic mass is 16.6. The van der Waals surface area contributed by atoms with Crippen molar-refractivity contribution in [2.75, 3.05) is 0 Å². The van der Waals surface area contributed by atoms with Gasteiger partial charge in [-0.05, 0) is 57.3 Å². The molecule has 1 rings (SSSR count). The van der Waals surface area contributed by atoms with Crippen LogP contribution in [0.5, 0.6) is 0 Å². The summed E-state index contributed by atoms with van der Waals surface area (Å²) in [6.45, 7) is 12.1. The SMILES string of the molecule is C=CC(C/C=C/CC(O)(CC)CC)CCC1OC1C(O)(CC)CC. The molecule has 0 spiro atoms. The van der Waals surface area contributed by atoms with Crippen LogP contribution >= 0.6 is 0 Å². The molecule has 0 aromatic rings. The summed E-state index contributed by atoms with van der Waals surface area (Å²) in [6.07, 6.45) is 13.3. The van der Waals surface area contributed by atoms with Crippen LogP contribution in [0, 0.1) is 5.92 Å². The van der Waals surface area contributed by atoms with Gasteiger partial charge >= 0.3 is 0 Å². The smallest absolute Gasteiger partial charge is 0.113 e. The fraction of sp³-hybridized carbons (Fsp3) is 0.810. The van der Waals surface area contributed by atoms with Crippen LogP contribution in [0.2, 0.25) is 0 Å². The lowest BCUT2D eigenvalue weighted by Crippen LogP contribution is -2.34. The van der Waals surface area contributed by atoms with Gasteiger partial charge in [0.05, 0.1) is 17.3 Å². The molecule has 0 aromatic carbocycles. The molecule has 3 atom stereocenters. The molecule has 1 saturated heterocycles. The molecule has 140 valence electrons. The van der Waals surface area contributed by atoms with E-state index < -0.39 is 11.2 Å². The largest absolute Gasteiger partial charge is 0.390 e. The fourth-order valence-corrected chi connectivity index (χ4v) is 3.31. The molecule has 24 heavy (non-hydrogen) atoms.